The first-order valence-electron chi connectivity index (χ1n) is 6.45. The third kappa shape index (κ3) is 8.08. The van der Waals surface area contributed by atoms with Crippen LogP contribution in [-0.4, -0.2) is 56.1 Å². The van der Waals surface area contributed by atoms with Gasteiger partial charge in [-0.3, -0.25) is 0 Å². The first-order valence-corrected chi connectivity index (χ1v) is 6.45. The fraction of sp³-hybridized carbons (Fsp3) is 1.00. The largest absolute Gasteiger partial charge is 0.328 e. The van der Waals surface area contributed by atoms with Crippen LogP contribution in [-0.2, 0) is 0 Å². The molecule has 0 heterocycles. The zero-order valence-corrected chi connectivity index (χ0v) is 12.0. The van der Waals surface area contributed by atoms with Gasteiger partial charge in [0.05, 0.1) is 0 Å². The Morgan fingerprint density at radius 2 is 1.50 bits per heavy atom. The van der Waals surface area contributed by atoms with E-state index in [1.165, 1.54) is 6.54 Å². The molecule has 3 heteroatoms. The predicted octanol–water partition coefficient (Wildman–Crippen LogP) is 1.49. The van der Waals surface area contributed by atoms with Gasteiger partial charge in [-0.15, -0.1) is 0 Å². The molecular weight excluding hydrogens is 198 g/mol. The Morgan fingerprint density at radius 3 is 1.88 bits per heavy atom. The fourth-order valence-corrected chi connectivity index (χ4v) is 1.69. The van der Waals surface area contributed by atoms with Crippen LogP contribution in [0.5, 0.6) is 0 Å². The Labute approximate surface area is 102 Å². The van der Waals surface area contributed by atoms with E-state index in [0.29, 0.717) is 5.92 Å². The monoisotopic (exact) mass is 229 g/mol. The molecule has 0 aliphatic heterocycles. The van der Waals surface area contributed by atoms with Crippen molar-refractivity contribution in [1.29, 1.82) is 0 Å². The molecule has 2 atom stereocenters. The van der Waals surface area contributed by atoms with Gasteiger partial charge < -0.3 is 15.5 Å². The Morgan fingerprint density at radius 1 is 0.938 bits per heavy atom. The second-order valence-electron chi connectivity index (χ2n) is 5.79. The van der Waals surface area contributed by atoms with Crippen molar-refractivity contribution in [3.63, 3.8) is 0 Å². The van der Waals surface area contributed by atoms with Gasteiger partial charge in [-0.05, 0) is 32.9 Å². The van der Waals surface area contributed by atoms with Crippen LogP contribution in [0, 0.1) is 11.8 Å². The summed E-state index contributed by atoms with van der Waals surface area (Å²) in [6.07, 6.45) is 0. The summed E-state index contributed by atoms with van der Waals surface area (Å²) in [5, 5.41) is 0. The summed E-state index contributed by atoms with van der Waals surface area (Å²) in [4.78, 5) is 4.78. The van der Waals surface area contributed by atoms with Crippen LogP contribution in [0.2, 0.25) is 0 Å². The van der Waals surface area contributed by atoms with Crippen LogP contribution < -0.4 is 5.73 Å². The molecule has 98 valence electrons. The molecule has 0 spiro atoms. The average molecular weight is 229 g/mol. The molecule has 0 saturated carbocycles. The van der Waals surface area contributed by atoms with Crippen molar-refractivity contribution >= 4 is 0 Å². The summed E-state index contributed by atoms with van der Waals surface area (Å²) in [5.41, 5.74) is 5.93. The van der Waals surface area contributed by atoms with Gasteiger partial charge in [0.2, 0.25) is 0 Å². The number of nitrogens with zero attached hydrogens (tertiary/aromatic N) is 2. The van der Waals surface area contributed by atoms with E-state index in [2.05, 4.69) is 51.6 Å². The van der Waals surface area contributed by atoms with Crippen molar-refractivity contribution in [2.45, 2.75) is 33.7 Å². The minimum atomic E-state index is 0.286. The molecule has 0 bridgehead atoms. The molecule has 0 aromatic heterocycles. The topological polar surface area (TPSA) is 32.5 Å². The van der Waals surface area contributed by atoms with Gasteiger partial charge in [0.25, 0.3) is 0 Å². The van der Waals surface area contributed by atoms with Crippen molar-refractivity contribution < 1.29 is 0 Å². The number of rotatable bonds is 8. The molecule has 0 aromatic rings. The number of nitrogens with two attached hydrogens (primary N) is 1. The Hall–Kier alpha value is -0.120. The van der Waals surface area contributed by atoms with Crippen molar-refractivity contribution in [2.24, 2.45) is 17.6 Å². The Bertz CT molecular complexity index is 167. The highest BCUT2D eigenvalue weighted by Gasteiger charge is 2.14. The second kappa shape index (κ2) is 8.04. The van der Waals surface area contributed by atoms with Gasteiger partial charge in [-0.25, -0.2) is 0 Å². The standard InChI is InChI=1S/C13H31N3/c1-11(2)9-16(8-7-15(5)6)10-12(3)13(4)14/h11-13H,7-10,14H2,1-6H3. The van der Waals surface area contributed by atoms with E-state index < -0.39 is 0 Å². The summed E-state index contributed by atoms with van der Waals surface area (Å²) in [6.45, 7) is 13.4. The molecule has 2 N–H and O–H groups in total. The summed E-state index contributed by atoms with van der Waals surface area (Å²) in [6, 6.07) is 0.286. The molecule has 0 amide bonds. The molecule has 0 aliphatic carbocycles. The minimum Gasteiger partial charge on any atom is -0.328 e. The van der Waals surface area contributed by atoms with E-state index in [-0.39, 0.29) is 6.04 Å². The van der Waals surface area contributed by atoms with Crippen molar-refractivity contribution in [3.8, 4) is 0 Å². The van der Waals surface area contributed by atoms with Crippen molar-refractivity contribution in [1.82, 2.24) is 9.80 Å². The Kier molecular flexibility index (Phi) is 7.98. The molecular formula is C13H31N3. The average Bonchev–Trinajstić information content (AvgIpc) is 2.12. The molecule has 0 saturated heterocycles. The van der Waals surface area contributed by atoms with Crippen LogP contribution in [0.3, 0.4) is 0 Å². The lowest BCUT2D eigenvalue weighted by Gasteiger charge is -2.29. The predicted molar refractivity (Wildman–Crippen MR) is 72.6 cm³/mol. The van der Waals surface area contributed by atoms with Crippen molar-refractivity contribution in [3.05, 3.63) is 0 Å². The van der Waals surface area contributed by atoms with Gasteiger partial charge >= 0.3 is 0 Å². The maximum Gasteiger partial charge on any atom is 0.0109 e. The van der Waals surface area contributed by atoms with Gasteiger partial charge in [0, 0.05) is 32.2 Å². The minimum absolute atomic E-state index is 0.286. The second-order valence-corrected chi connectivity index (χ2v) is 5.79. The Balaban J connectivity index is 4.09. The maximum atomic E-state index is 5.93. The van der Waals surface area contributed by atoms with E-state index in [4.69, 9.17) is 5.73 Å². The van der Waals surface area contributed by atoms with Gasteiger partial charge in [0.1, 0.15) is 0 Å². The smallest absolute Gasteiger partial charge is 0.0109 e. The van der Waals surface area contributed by atoms with Crippen LogP contribution in [0.4, 0.5) is 0 Å². The van der Waals surface area contributed by atoms with E-state index >= 15 is 0 Å². The van der Waals surface area contributed by atoms with E-state index in [0.717, 1.165) is 25.6 Å². The van der Waals surface area contributed by atoms with Gasteiger partial charge in [0.15, 0.2) is 0 Å². The number of likely N-dealkylation sites (N-methyl/N-ethyl adjacent to an activating group) is 1. The van der Waals surface area contributed by atoms with Crippen LogP contribution in [0.1, 0.15) is 27.7 Å². The number of hydrogen-bond acceptors (Lipinski definition) is 3. The lowest BCUT2D eigenvalue weighted by molar-refractivity contribution is 0.186. The van der Waals surface area contributed by atoms with E-state index in [9.17, 15) is 0 Å². The summed E-state index contributed by atoms with van der Waals surface area (Å²) >= 11 is 0. The van der Waals surface area contributed by atoms with Gasteiger partial charge in [-0.2, -0.15) is 0 Å². The number of hydrogen-bond donors (Lipinski definition) is 1. The highest BCUT2D eigenvalue weighted by molar-refractivity contribution is 4.70. The summed E-state index contributed by atoms with van der Waals surface area (Å²) in [5.74, 6) is 1.29. The maximum absolute atomic E-state index is 5.93. The lowest BCUT2D eigenvalue weighted by atomic mass is 10.0. The van der Waals surface area contributed by atoms with E-state index in [1.54, 1.807) is 0 Å². The summed E-state index contributed by atoms with van der Waals surface area (Å²) in [7, 11) is 4.26. The zero-order valence-electron chi connectivity index (χ0n) is 12.0. The molecule has 16 heavy (non-hydrogen) atoms. The third-order valence-electron chi connectivity index (χ3n) is 2.93. The SMILES string of the molecule is CC(C)CN(CCN(C)C)CC(C)C(C)N. The van der Waals surface area contributed by atoms with Crippen LogP contribution in [0.15, 0.2) is 0 Å². The first kappa shape index (κ1) is 15.9. The molecule has 0 fully saturated rings. The quantitative estimate of drug-likeness (QED) is 0.684. The third-order valence-corrected chi connectivity index (χ3v) is 2.93. The van der Waals surface area contributed by atoms with Crippen LogP contribution >= 0.6 is 0 Å². The lowest BCUT2D eigenvalue weighted by Crippen LogP contribution is -2.41. The highest BCUT2D eigenvalue weighted by Crippen LogP contribution is 2.06. The normalized spacial score (nSPS) is 16.1. The molecule has 3 nitrogen and oxygen atoms in total. The molecule has 2 unspecified atom stereocenters. The zero-order chi connectivity index (χ0) is 12.7. The highest BCUT2D eigenvalue weighted by atomic mass is 15.2. The van der Waals surface area contributed by atoms with Crippen molar-refractivity contribution in [2.75, 3.05) is 40.3 Å². The molecule has 0 aliphatic rings. The van der Waals surface area contributed by atoms with Gasteiger partial charge in [-0.1, -0.05) is 20.8 Å². The molecule has 0 aromatic carbocycles. The molecule has 0 radical (unpaired) electrons. The first-order chi connectivity index (χ1) is 7.32. The van der Waals surface area contributed by atoms with Crippen LogP contribution in [0.25, 0.3) is 0 Å². The van der Waals surface area contributed by atoms with E-state index in [1.807, 2.05) is 0 Å². The fourth-order valence-electron chi connectivity index (χ4n) is 1.69. The molecule has 0 rings (SSSR count). The summed E-state index contributed by atoms with van der Waals surface area (Å²) < 4.78 is 0.